The van der Waals surface area contributed by atoms with Crippen LogP contribution in [0.4, 0.5) is 0 Å². The van der Waals surface area contributed by atoms with E-state index in [-0.39, 0.29) is 5.78 Å². The summed E-state index contributed by atoms with van der Waals surface area (Å²) in [5.74, 6) is 1.42. The zero-order chi connectivity index (χ0) is 14.4. The van der Waals surface area contributed by atoms with Crippen LogP contribution in [0, 0.1) is 0 Å². The fourth-order valence-electron chi connectivity index (χ4n) is 1.88. The van der Waals surface area contributed by atoms with Crippen LogP contribution in [0.25, 0.3) is 0 Å². The second kappa shape index (κ2) is 6.75. The lowest BCUT2D eigenvalue weighted by Crippen LogP contribution is -2.23. The third kappa shape index (κ3) is 3.60. The molecule has 20 heavy (non-hydrogen) atoms. The molecule has 0 amide bonds. The number of rotatable bonds is 6. The fourth-order valence-corrected chi connectivity index (χ4v) is 1.88. The highest BCUT2D eigenvalue weighted by atomic mass is 16.5. The van der Waals surface area contributed by atoms with E-state index in [1.165, 1.54) is 0 Å². The molecule has 2 aromatic rings. The quantitative estimate of drug-likeness (QED) is 0.750. The molecule has 3 nitrogen and oxygen atoms in total. The van der Waals surface area contributed by atoms with Gasteiger partial charge in [0.1, 0.15) is 11.5 Å². The first-order chi connectivity index (χ1) is 9.70. The number of benzene rings is 2. The van der Waals surface area contributed by atoms with Crippen molar-refractivity contribution in [1.29, 1.82) is 0 Å². The van der Waals surface area contributed by atoms with Crippen molar-refractivity contribution in [1.82, 2.24) is 0 Å². The van der Waals surface area contributed by atoms with E-state index in [0.717, 1.165) is 5.75 Å². The minimum Gasteiger partial charge on any atom is -0.494 e. The number of hydrogen-bond donors (Lipinski definition) is 0. The van der Waals surface area contributed by atoms with Crippen molar-refractivity contribution < 1.29 is 14.3 Å². The van der Waals surface area contributed by atoms with Crippen molar-refractivity contribution in [2.75, 3.05) is 6.61 Å². The van der Waals surface area contributed by atoms with Crippen molar-refractivity contribution in [3.8, 4) is 11.5 Å². The molecule has 1 unspecified atom stereocenters. The lowest BCUT2D eigenvalue weighted by molar-refractivity contribution is 0.0818. The summed E-state index contributed by atoms with van der Waals surface area (Å²) in [6.07, 6.45) is -0.518. The molecule has 2 aromatic carbocycles. The van der Waals surface area contributed by atoms with Gasteiger partial charge in [0, 0.05) is 5.56 Å². The standard InChI is InChI=1S/C17H18O3/c1-3-19-15-9-11-16(12-10-15)20-13(2)17(18)14-7-5-4-6-8-14/h4-13H,3H2,1-2H3. The number of carbonyl (C=O) groups excluding carboxylic acids is 1. The Labute approximate surface area is 119 Å². The second-order valence-corrected chi connectivity index (χ2v) is 4.39. The first kappa shape index (κ1) is 14.1. The van der Waals surface area contributed by atoms with Crippen molar-refractivity contribution >= 4 is 5.78 Å². The fraction of sp³-hybridized carbons (Fsp3) is 0.235. The van der Waals surface area contributed by atoms with Gasteiger partial charge in [-0.3, -0.25) is 4.79 Å². The molecule has 0 saturated carbocycles. The third-order valence-corrected chi connectivity index (χ3v) is 2.88. The van der Waals surface area contributed by atoms with Gasteiger partial charge >= 0.3 is 0 Å². The van der Waals surface area contributed by atoms with Crippen LogP contribution in [0.5, 0.6) is 11.5 Å². The predicted molar refractivity (Wildman–Crippen MR) is 78.5 cm³/mol. The van der Waals surface area contributed by atoms with Gasteiger partial charge in [0.25, 0.3) is 0 Å². The minimum atomic E-state index is -0.518. The Morgan fingerprint density at radius 2 is 1.60 bits per heavy atom. The average molecular weight is 270 g/mol. The maximum atomic E-state index is 12.2. The zero-order valence-corrected chi connectivity index (χ0v) is 11.7. The van der Waals surface area contributed by atoms with Gasteiger partial charge in [-0.25, -0.2) is 0 Å². The Morgan fingerprint density at radius 3 is 2.20 bits per heavy atom. The molecule has 0 saturated heterocycles. The third-order valence-electron chi connectivity index (χ3n) is 2.88. The Morgan fingerprint density at radius 1 is 1.00 bits per heavy atom. The number of Topliss-reactive ketones (excluding diaryl/α,β-unsaturated/α-hetero) is 1. The van der Waals surface area contributed by atoms with E-state index >= 15 is 0 Å². The summed E-state index contributed by atoms with van der Waals surface area (Å²) in [6, 6.07) is 16.4. The zero-order valence-electron chi connectivity index (χ0n) is 11.7. The SMILES string of the molecule is CCOc1ccc(OC(C)C(=O)c2ccccc2)cc1. The molecule has 0 fully saturated rings. The van der Waals surface area contributed by atoms with Crippen molar-refractivity contribution in [3.63, 3.8) is 0 Å². The Bertz CT molecular complexity index is 546. The van der Waals surface area contributed by atoms with Crippen LogP contribution in [0.3, 0.4) is 0 Å². The molecule has 0 aliphatic rings. The van der Waals surface area contributed by atoms with Crippen molar-refractivity contribution in [3.05, 3.63) is 60.2 Å². The molecule has 2 rings (SSSR count). The van der Waals surface area contributed by atoms with Gasteiger partial charge in [-0.1, -0.05) is 30.3 Å². The van der Waals surface area contributed by atoms with Gasteiger partial charge in [0.15, 0.2) is 6.10 Å². The van der Waals surface area contributed by atoms with E-state index in [4.69, 9.17) is 9.47 Å². The Hall–Kier alpha value is -2.29. The highest BCUT2D eigenvalue weighted by Crippen LogP contribution is 2.19. The van der Waals surface area contributed by atoms with Crippen LogP contribution in [-0.4, -0.2) is 18.5 Å². The van der Waals surface area contributed by atoms with Gasteiger partial charge < -0.3 is 9.47 Å². The molecule has 0 radical (unpaired) electrons. The molecule has 0 spiro atoms. The highest BCUT2D eigenvalue weighted by Gasteiger charge is 2.16. The lowest BCUT2D eigenvalue weighted by atomic mass is 10.1. The maximum Gasteiger partial charge on any atom is 0.202 e. The first-order valence-electron chi connectivity index (χ1n) is 6.69. The van der Waals surface area contributed by atoms with Crippen LogP contribution in [-0.2, 0) is 0 Å². The van der Waals surface area contributed by atoms with Gasteiger partial charge in [0.2, 0.25) is 5.78 Å². The molecule has 3 heteroatoms. The van der Waals surface area contributed by atoms with Gasteiger partial charge in [-0.05, 0) is 38.1 Å². The van der Waals surface area contributed by atoms with E-state index < -0.39 is 6.10 Å². The molecule has 1 atom stereocenters. The summed E-state index contributed by atoms with van der Waals surface area (Å²) >= 11 is 0. The topological polar surface area (TPSA) is 35.5 Å². The maximum absolute atomic E-state index is 12.2. The average Bonchev–Trinajstić information content (AvgIpc) is 2.49. The lowest BCUT2D eigenvalue weighted by Gasteiger charge is -2.14. The van der Waals surface area contributed by atoms with Gasteiger partial charge in [-0.15, -0.1) is 0 Å². The summed E-state index contributed by atoms with van der Waals surface area (Å²) in [5, 5.41) is 0. The van der Waals surface area contributed by atoms with Crippen LogP contribution in [0.15, 0.2) is 54.6 Å². The summed E-state index contributed by atoms with van der Waals surface area (Å²) in [7, 11) is 0. The summed E-state index contributed by atoms with van der Waals surface area (Å²) in [4.78, 5) is 12.2. The number of hydrogen-bond acceptors (Lipinski definition) is 3. The van der Waals surface area contributed by atoms with Crippen LogP contribution >= 0.6 is 0 Å². The van der Waals surface area contributed by atoms with E-state index in [0.29, 0.717) is 17.9 Å². The van der Waals surface area contributed by atoms with Gasteiger partial charge in [-0.2, -0.15) is 0 Å². The molecule has 0 aromatic heterocycles. The van der Waals surface area contributed by atoms with Crippen LogP contribution in [0.1, 0.15) is 24.2 Å². The second-order valence-electron chi connectivity index (χ2n) is 4.39. The van der Waals surface area contributed by atoms with E-state index in [2.05, 4.69) is 0 Å². The molecular weight excluding hydrogens is 252 g/mol. The van der Waals surface area contributed by atoms with Crippen molar-refractivity contribution in [2.45, 2.75) is 20.0 Å². The molecule has 0 bridgehead atoms. The normalized spacial score (nSPS) is 11.7. The minimum absolute atomic E-state index is 0.0283. The molecule has 0 N–H and O–H groups in total. The predicted octanol–water partition coefficient (Wildman–Crippen LogP) is 3.74. The highest BCUT2D eigenvalue weighted by molar-refractivity contribution is 5.99. The summed E-state index contributed by atoms with van der Waals surface area (Å²) in [5.41, 5.74) is 0.658. The number of ether oxygens (including phenoxy) is 2. The molecular formula is C17H18O3. The number of carbonyl (C=O) groups is 1. The molecule has 0 aliphatic carbocycles. The number of ketones is 1. The molecule has 0 aliphatic heterocycles. The van der Waals surface area contributed by atoms with E-state index in [1.54, 1.807) is 31.2 Å². The molecule has 104 valence electrons. The Kier molecular flexibility index (Phi) is 4.77. The first-order valence-corrected chi connectivity index (χ1v) is 6.69. The van der Waals surface area contributed by atoms with Crippen LogP contribution in [0.2, 0.25) is 0 Å². The molecule has 0 heterocycles. The van der Waals surface area contributed by atoms with E-state index in [9.17, 15) is 4.79 Å². The smallest absolute Gasteiger partial charge is 0.202 e. The van der Waals surface area contributed by atoms with E-state index in [1.807, 2.05) is 37.3 Å². The Balaban J connectivity index is 2.00. The largest absolute Gasteiger partial charge is 0.494 e. The van der Waals surface area contributed by atoms with Crippen LogP contribution < -0.4 is 9.47 Å². The monoisotopic (exact) mass is 270 g/mol. The van der Waals surface area contributed by atoms with Crippen molar-refractivity contribution in [2.24, 2.45) is 0 Å². The summed E-state index contributed by atoms with van der Waals surface area (Å²) < 4.78 is 11.0. The summed E-state index contributed by atoms with van der Waals surface area (Å²) in [6.45, 7) is 4.32. The van der Waals surface area contributed by atoms with Gasteiger partial charge in [0.05, 0.1) is 6.61 Å².